The van der Waals surface area contributed by atoms with Crippen LogP contribution in [0, 0.1) is 0 Å². The molecule has 134 valence electrons. The second-order valence-electron chi connectivity index (χ2n) is 5.25. The van der Waals surface area contributed by atoms with E-state index in [1.165, 1.54) is 0 Å². The van der Waals surface area contributed by atoms with Crippen LogP contribution in [-0.2, 0) is 9.47 Å². The normalized spacial score (nSPS) is 19.0. The third kappa shape index (κ3) is 7.27. The maximum atomic E-state index is 10.9. The zero-order chi connectivity index (χ0) is 16.9. The van der Waals surface area contributed by atoms with Gasteiger partial charge < -0.3 is 29.6 Å². The van der Waals surface area contributed by atoms with Gasteiger partial charge in [-0.3, -0.25) is 4.79 Å². The standard InChI is InChI=1S/C17H26N2O5/c20-14-15-1-2-16-17(13-15)24-10-6-19-4-8-22-12-11-21-7-3-18-5-9-23-16/h1-2,13-14,18-19H,3-12H2. The summed E-state index contributed by atoms with van der Waals surface area (Å²) in [4.78, 5) is 10.9. The van der Waals surface area contributed by atoms with Gasteiger partial charge in [0.15, 0.2) is 11.5 Å². The van der Waals surface area contributed by atoms with Crippen molar-refractivity contribution in [2.45, 2.75) is 0 Å². The highest BCUT2D eigenvalue weighted by Crippen LogP contribution is 2.27. The summed E-state index contributed by atoms with van der Waals surface area (Å²) in [7, 11) is 0. The Balaban J connectivity index is 1.89. The van der Waals surface area contributed by atoms with Crippen LogP contribution in [0.15, 0.2) is 18.2 Å². The van der Waals surface area contributed by atoms with E-state index in [1.807, 2.05) is 0 Å². The number of hydrogen-bond acceptors (Lipinski definition) is 7. The van der Waals surface area contributed by atoms with Gasteiger partial charge in [-0.05, 0) is 18.2 Å². The largest absolute Gasteiger partial charge is 0.488 e. The monoisotopic (exact) mass is 338 g/mol. The van der Waals surface area contributed by atoms with Crippen LogP contribution in [0.1, 0.15) is 10.4 Å². The molecule has 0 spiro atoms. The van der Waals surface area contributed by atoms with Crippen molar-refractivity contribution in [2.24, 2.45) is 0 Å². The van der Waals surface area contributed by atoms with Gasteiger partial charge in [0.1, 0.15) is 19.5 Å². The van der Waals surface area contributed by atoms with Gasteiger partial charge in [-0.1, -0.05) is 0 Å². The molecule has 0 saturated heterocycles. The Kier molecular flexibility index (Phi) is 9.18. The molecular weight excluding hydrogens is 312 g/mol. The van der Waals surface area contributed by atoms with Crippen molar-refractivity contribution in [1.82, 2.24) is 10.6 Å². The smallest absolute Gasteiger partial charge is 0.161 e. The first kappa shape index (κ1) is 18.7. The summed E-state index contributed by atoms with van der Waals surface area (Å²) >= 11 is 0. The molecule has 0 fully saturated rings. The quantitative estimate of drug-likeness (QED) is 0.721. The molecule has 1 aromatic carbocycles. The summed E-state index contributed by atoms with van der Waals surface area (Å²) in [5, 5.41) is 6.48. The molecule has 1 aliphatic heterocycles. The van der Waals surface area contributed by atoms with Crippen molar-refractivity contribution in [1.29, 1.82) is 0 Å². The molecule has 7 nitrogen and oxygen atoms in total. The molecule has 0 aromatic heterocycles. The summed E-state index contributed by atoms with van der Waals surface area (Å²) < 4.78 is 22.4. The molecule has 7 heteroatoms. The van der Waals surface area contributed by atoms with Crippen molar-refractivity contribution in [3.8, 4) is 11.5 Å². The first-order chi connectivity index (χ1) is 11.9. The van der Waals surface area contributed by atoms with E-state index in [2.05, 4.69) is 10.6 Å². The van der Waals surface area contributed by atoms with Crippen molar-refractivity contribution in [3.05, 3.63) is 23.8 Å². The fraction of sp³-hybridized carbons (Fsp3) is 0.588. The number of carbonyl (C=O) groups is 1. The van der Waals surface area contributed by atoms with E-state index in [0.29, 0.717) is 69.8 Å². The maximum absolute atomic E-state index is 10.9. The molecular formula is C17H26N2O5. The summed E-state index contributed by atoms with van der Waals surface area (Å²) in [5.74, 6) is 1.23. The van der Waals surface area contributed by atoms with Gasteiger partial charge in [0.25, 0.3) is 0 Å². The number of nitrogens with one attached hydrogen (secondary N) is 2. The molecule has 0 unspecified atom stereocenters. The number of fused-ring (bicyclic) bond motifs is 1. The van der Waals surface area contributed by atoms with Gasteiger partial charge in [0, 0.05) is 31.7 Å². The topological polar surface area (TPSA) is 78.1 Å². The van der Waals surface area contributed by atoms with Gasteiger partial charge in [0.05, 0.1) is 26.4 Å². The minimum atomic E-state index is 0.486. The lowest BCUT2D eigenvalue weighted by atomic mass is 10.2. The van der Waals surface area contributed by atoms with Gasteiger partial charge >= 0.3 is 0 Å². The van der Waals surface area contributed by atoms with E-state index in [-0.39, 0.29) is 0 Å². The lowest BCUT2D eigenvalue weighted by Crippen LogP contribution is -2.27. The lowest BCUT2D eigenvalue weighted by Gasteiger charge is -2.14. The van der Waals surface area contributed by atoms with Crippen LogP contribution in [-0.4, -0.2) is 72.1 Å². The Morgan fingerprint density at radius 1 is 0.750 bits per heavy atom. The van der Waals surface area contributed by atoms with E-state index in [4.69, 9.17) is 18.9 Å². The minimum Gasteiger partial charge on any atom is -0.488 e. The summed E-state index contributed by atoms with van der Waals surface area (Å²) in [6.45, 7) is 6.39. The number of ether oxygens (including phenoxy) is 4. The highest BCUT2D eigenvalue weighted by Gasteiger charge is 2.07. The molecule has 2 rings (SSSR count). The average Bonchev–Trinajstić information content (AvgIpc) is 2.61. The lowest BCUT2D eigenvalue weighted by molar-refractivity contribution is 0.0495. The molecule has 0 atom stereocenters. The Morgan fingerprint density at radius 3 is 1.96 bits per heavy atom. The predicted octanol–water partition coefficient (Wildman–Crippen LogP) is 0.483. The summed E-state index contributed by atoms with van der Waals surface area (Å²) in [6.07, 6.45) is 0.798. The Labute approximate surface area is 142 Å². The summed E-state index contributed by atoms with van der Waals surface area (Å²) in [5.41, 5.74) is 0.566. The molecule has 24 heavy (non-hydrogen) atoms. The fourth-order valence-electron chi connectivity index (χ4n) is 2.16. The van der Waals surface area contributed by atoms with E-state index in [9.17, 15) is 4.79 Å². The van der Waals surface area contributed by atoms with E-state index in [1.54, 1.807) is 18.2 Å². The zero-order valence-corrected chi connectivity index (χ0v) is 13.9. The Bertz CT molecular complexity index is 484. The van der Waals surface area contributed by atoms with Gasteiger partial charge in [-0.15, -0.1) is 0 Å². The van der Waals surface area contributed by atoms with E-state index in [0.717, 1.165) is 19.4 Å². The van der Waals surface area contributed by atoms with Crippen LogP contribution in [0.25, 0.3) is 0 Å². The SMILES string of the molecule is O=Cc1ccc2c(c1)OCCNCCOCCOCCNCCO2. The van der Waals surface area contributed by atoms with Crippen LogP contribution in [0.5, 0.6) is 11.5 Å². The third-order valence-electron chi connectivity index (χ3n) is 3.40. The predicted molar refractivity (Wildman–Crippen MR) is 90.2 cm³/mol. The van der Waals surface area contributed by atoms with E-state index < -0.39 is 0 Å². The van der Waals surface area contributed by atoms with Crippen molar-refractivity contribution in [2.75, 3.05) is 65.8 Å². The molecule has 1 heterocycles. The second-order valence-corrected chi connectivity index (χ2v) is 5.25. The number of carbonyl (C=O) groups excluding carboxylic acids is 1. The third-order valence-corrected chi connectivity index (χ3v) is 3.40. The molecule has 0 bridgehead atoms. The highest BCUT2D eigenvalue weighted by atomic mass is 16.5. The van der Waals surface area contributed by atoms with Crippen LogP contribution in [0.4, 0.5) is 0 Å². The molecule has 0 aliphatic carbocycles. The number of aldehydes is 1. The molecule has 0 amide bonds. The number of benzene rings is 1. The van der Waals surface area contributed by atoms with Gasteiger partial charge in [-0.25, -0.2) is 0 Å². The second kappa shape index (κ2) is 11.8. The Morgan fingerprint density at radius 2 is 1.33 bits per heavy atom. The Hall–Kier alpha value is -1.67. The zero-order valence-electron chi connectivity index (χ0n) is 13.9. The van der Waals surface area contributed by atoms with Crippen molar-refractivity contribution >= 4 is 6.29 Å². The van der Waals surface area contributed by atoms with Gasteiger partial charge in [0.2, 0.25) is 0 Å². The molecule has 0 radical (unpaired) electrons. The van der Waals surface area contributed by atoms with Crippen molar-refractivity contribution < 1.29 is 23.7 Å². The minimum absolute atomic E-state index is 0.486. The molecule has 1 aromatic rings. The highest BCUT2D eigenvalue weighted by molar-refractivity contribution is 5.76. The first-order valence-electron chi connectivity index (χ1n) is 8.32. The maximum Gasteiger partial charge on any atom is 0.161 e. The molecule has 1 aliphatic rings. The van der Waals surface area contributed by atoms with Gasteiger partial charge in [-0.2, -0.15) is 0 Å². The van der Waals surface area contributed by atoms with E-state index >= 15 is 0 Å². The summed E-state index contributed by atoms with van der Waals surface area (Å²) in [6, 6.07) is 5.19. The first-order valence-corrected chi connectivity index (χ1v) is 8.32. The van der Waals surface area contributed by atoms with Crippen LogP contribution in [0.3, 0.4) is 0 Å². The fourth-order valence-corrected chi connectivity index (χ4v) is 2.16. The molecule has 2 N–H and O–H groups in total. The number of hydrogen-bond donors (Lipinski definition) is 2. The van der Waals surface area contributed by atoms with Crippen LogP contribution >= 0.6 is 0 Å². The molecule has 0 saturated carbocycles. The van der Waals surface area contributed by atoms with Crippen LogP contribution in [0.2, 0.25) is 0 Å². The van der Waals surface area contributed by atoms with Crippen molar-refractivity contribution in [3.63, 3.8) is 0 Å². The van der Waals surface area contributed by atoms with Crippen LogP contribution < -0.4 is 20.1 Å². The number of rotatable bonds is 1. The average molecular weight is 338 g/mol.